The largest absolute Gasteiger partial charge is 0.507 e. The highest BCUT2D eigenvalue weighted by atomic mass is 79.9. The minimum Gasteiger partial charge on any atom is -0.507 e. The summed E-state index contributed by atoms with van der Waals surface area (Å²) in [5.41, 5.74) is 0.309. The average molecular weight is 403 g/mol. The summed E-state index contributed by atoms with van der Waals surface area (Å²) in [6, 6.07) is 2.66. The van der Waals surface area contributed by atoms with Gasteiger partial charge in [-0.15, -0.1) is 0 Å². The standard InChI is InChI=1S/C18H15BrN2O4/c19-12-3-7(13(22)5-14(12)23)6-20-21-17(24)15-8-1-2-9(11-4-10(8)11)16(15)18(21)25/h1-3,5-6,8-11,15-16,22-23H,4H2/b20-6-/t8-,9-,10-,11+,15-,16+/m1/s1. The van der Waals surface area contributed by atoms with Gasteiger partial charge in [-0.1, -0.05) is 12.2 Å². The van der Waals surface area contributed by atoms with Gasteiger partial charge < -0.3 is 10.2 Å². The van der Waals surface area contributed by atoms with Crippen molar-refractivity contribution in [3.63, 3.8) is 0 Å². The van der Waals surface area contributed by atoms with Gasteiger partial charge in [-0.05, 0) is 52.1 Å². The molecule has 1 heterocycles. The lowest BCUT2D eigenvalue weighted by Crippen LogP contribution is -2.40. The van der Waals surface area contributed by atoms with Crippen LogP contribution in [0.25, 0.3) is 0 Å². The van der Waals surface area contributed by atoms with Crippen molar-refractivity contribution in [3.8, 4) is 11.5 Å². The van der Waals surface area contributed by atoms with Gasteiger partial charge in [-0.3, -0.25) is 9.59 Å². The first-order chi connectivity index (χ1) is 12.0. The lowest BCUT2D eigenvalue weighted by atomic mass is 9.63. The minimum absolute atomic E-state index is 0.101. The maximum absolute atomic E-state index is 12.8. The van der Waals surface area contributed by atoms with Crippen LogP contribution >= 0.6 is 15.9 Å². The number of phenolic OH excluding ortho intramolecular Hbond substituents is 2. The van der Waals surface area contributed by atoms with E-state index in [1.54, 1.807) is 0 Å². The molecule has 4 aliphatic carbocycles. The first-order valence-electron chi connectivity index (χ1n) is 8.29. The molecule has 0 spiro atoms. The second kappa shape index (κ2) is 4.94. The maximum atomic E-state index is 12.8. The molecule has 1 aromatic carbocycles. The van der Waals surface area contributed by atoms with E-state index in [0.29, 0.717) is 21.9 Å². The summed E-state index contributed by atoms with van der Waals surface area (Å²) in [6.45, 7) is 0. The number of halogens is 1. The van der Waals surface area contributed by atoms with E-state index in [-0.39, 0.29) is 47.0 Å². The molecule has 3 fully saturated rings. The number of nitrogens with zero attached hydrogens (tertiary/aromatic N) is 2. The smallest absolute Gasteiger partial charge is 0.254 e. The Bertz CT molecular complexity index is 844. The van der Waals surface area contributed by atoms with Crippen LogP contribution in [0, 0.1) is 35.5 Å². The quantitative estimate of drug-likeness (QED) is 0.450. The fourth-order valence-electron chi connectivity index (χ4n) is 4.84. The molecular formula is C18H15BrN2O4. The van der Waals surface area contributed by atoms with Crippen LogP contribution in [-0.4, -0.2) is 33.3 Å². The fourth-order valence-corrected chi connectivity index (χ4v) is 5.21. The Morgan fingerprint density at radius 2 is 1.64 bits per heavy atom. The zero-order valence-electron chi connectivity index (χ0n) is 13.0. The third-order valence-electron chi connectivity index (χ3n) is 6.05. The molecule has 0 radical (unpaired) electrons. The number of benzene rings is 1. The van der Waals surface area contributed by atoms with Crippen LogP contribution in [-0.2, 0) is 9.59 Å². The average Bonchev–Trinajstić information content (AvgIpc) is 3.36. The SMILES string of the molecule is O=C1[C@@H]2[C@@H]3C=C[C@H]([C@@H]4C[C@H]34)[C@@H]2C(=O)N1/N=C\c1cc(Br)c(O)cc1O. The summed E-state index contributed by atoms with van der Waals surface area (Å²) in [4.78, 5) is 25.6. The highest BCUT2D eigenvalue weighted by Crippen LogP contribution is 2.65. The second-order valence-electron chi connectivity index (χ2n) is 7.25. The summed E-state index contributed by atoms with van der Waals surface area (Å²) < 4.78 is 0.391. The van der Waals surface area contributed by atoms with Crippen molar-refractivity contribution in [2.24, 2.45) is 40.6 Å². The molecule has 6 atom stereocenters. The molecule has 2 bridgehead atoms. The van der Waals surface area contributed by atoms with Gasteiger partial charge >= 0.3 is 0 Å². The number of carbonyl (C=O) groups is 2. The van der Waals surface area contributed by atoms with Crippen molar-refractivity contribution in [1.82, 2.24) is 5.01 Å². The van der Waals surface area contributed by atoms with Gasteiger partial charge in [0.2, 0.25) is 0 Å². The molecular weight excluding hydrogens is 388 g/mol. The van der Waals surface area contributed by atoms with Crippen LogP contribution in [0.5, 0.6) is 11.5 Å². The van der Waals surface area contributed by atoms with Crippen LogP contribution in [0.15, 0.2) is 33.9 Å². The second-order valence-corrected chi connectivity index (χ2v) is 8.10. The van der Waals surface area contributed by atoms with Crippen LogP contribution < -0.4 is 0 Å². The zero-order chi connectivity index (χ0) is 17.5. The van der Waals surface area contributed by atoms with E-state index in [4.69, 9.17) is 0 Å². The topological polar surface area (TPSA) is 90.2 Å². The zero-order valence-corrected chi connectivity index (χ0v) is 14.6. The van der Waals surface area contributed by atoms with Crippen LogP contribution in [0.2, 0.25) is 0 Å². The summed E-state index contributed by atoms with van der Waals surface area (Å²) in [5, 5.41) is 24.5. The van der Waals surface area contributed by atoms with Gasteiger partial charge in [0.15, 0.2) is 0 Å². The number of rotatable bonds is 2. The number of amides is 2. The normalized spacial score (nSPS) is 37.7. The van der Waals surface area contributed by atoms with Gasteiger partial charge in [-0.25, -0.2) is 0 Å². The summed E-state index contributed by atoms with van der Waals surface area (Å²) in [6.07, 6.45) is 6.62. The van der Waals surface area contributed by atoms with Crippen molar-refractivity contribution < 1.29 is 19.8 Å². The first kappa shape index (κ1) is 15.1. The molecule has 5 aliphatic rings. The van der Waals surface area contributed by atoms with E-state index in [1.165, 1.54) is 18.3 Å². The Morgan fingerprint density at radius 3 is 2.24 bits per heavy atom. The molecule has 6 rings (SSSR count). The molecule has 7 heteroatoms. The fraction of sp³-hybridized carbons (Fsp3) is 0.389. The lowest BCUT2D eigenvalue weighted by molar-refractivity contribution is -0.140. The van der Waals surface area contributed by atoms with Crippen molar-refractivity contribution in [3.05, 3.63) is 34.3 Å². The third kappa shape index (κ3) is 1.99. The molecule has 2 amide bonds. The van der Waals surface area contributed by atoms with Crippen LogP contribution in [0.3, 0.4) is 0 Å². The van der Waals surface area contributed by atoms with Crippen LogP contribution in [0.4, 0.5) is 0 Å². The summed E-state index contributed by atoms with van der Waals surface area (Å²) in [7, 11) is 0. The van der Waals surface area contributed by atoms with E-state index < -0.39 is 0 Å². The highest BCUT2D eigenvalue weighted by Gasteiger charge is 2.67. The monoisotopic (exact) mass is 402 g/mol. The lowest BCUT2D eigenvalue weighted by Gasteiger charge is -2.37. The van der Waals surface area contributed by atoms with Crippen molar-refractivity contribution >= 4 is 34.0 Å². The predicted octanol–water partition coefficient (Wildman–Crippen LogP) is 2.25. The Labute approximate surface area is 152 Å². The molecule has 0 aromatic heterocycles. The van der Waals surface area contributed by atoms with Crippen molar-refractivity contribution in [2.45, 2.75) is 6.42 Å². The van der Waals surface area contributed by atoms with Gasteiger partial charge in [0.1, 0.15) is 11.5 Å². The molecule has 1 aliphatic heterocycles. The molecule has 1 aromatic rings. The molecule has 6 nitrogen and oxygen atoms in total. The van der Waals surface area contributed by atoms with Gasteiger partial charge in [0, 0.05) is 11.6 Å². The third-order valence-corrected chi connectivity index (χ3v) is 6.68. The molecule has 2 N–H and O–H groups in total. The molecule has 2 saturated carbocycles. The Balaban J connectivity index is 1.46. The summed E-state index contributed by atoms with van der Waals surface area (Å²) >= 11 is 3.16. The summed E-state index contributed by atoms with van der Waals surface area (Å²) in [5.74, 6) is 0.0808. The number of carbonyl (C=O) groups excluding carboxylic acids is 2. The van der Waals surface area contributed by atoms with Crippen molar-refractivity contribution in [2.75, 3.05) is 0 Å². The first-order valence-corrected chi connectivity index (χ1v) is 9.08. The van der Waals surface area contributed by atoms with E-state index in [1.807, 2.05) is 0 Å². The highest BCUT2D eigenvalue weighted by molar-refractivity contribution is 9.10. The Morgan fingerprint density at radius 1 is 1.04 bits per heavy atom. The van der Waals surface area contributed by atoms with Gasteiger partial charge in [-0.2, -0.15) is 10.1 Å². The van der Waals surface area contributed by atoms with E-state index in [0.717, 1.165) is 11.4 Å². The van der Waals surface area contributed by atoms with Crippen molar-refractivity contribution in [1.29, 1.82) is 0 Å². The van der Waals surface area contributed by atoms with Gasteiger partial charge in [0.25, 0.3) is 11.8 Å². The molecule has 25 heavy (non-hydrogen) atoms. The minimum atomic E-state index is -0.288. The van der Waals surface area contributed by atoms with E-state index >= 15 is 0 Å². The number of aromatic hydroxyl groups is 2. The maximum Gasteiger partial charge on any atom is 0.254 e. The van der Waals surface area contributed by atoms with E-state index in [9.17, 15) is 19.8 Å². The van der Waals surface area contributed by atoms with Crippen LogP contribution in [0.1, 0.15) is 12.0 Å². The number of hydrogen-bond acceptors (Lipinski definition) is 5. The molecule has 0 unspecified atom stereocenters. The predicted molar refractivity (Wildman–Crippen MR) is 91.6 cm³/mol. The number of hydrogen-bond donors (Lipinski definition) is 2. The van der Waals surface area contributed by atoms with Gasteiger partial charge in [0.05, 0.1) is 22.5 Å². The Hall–Kier alpha value is -2.15. The number of imide groups is 1. The molecule has 1 saturated heterocycles. The van der Waals surface area contributed by atoms with E-state index in [2.05, 4.69) is 33.2 Å². The molecule has 128 valence electrons. The number of allylic oxidation sites excluding steroid dienone is 2. The Kier molecular flexibility index (Phi) is 2.99. The number of hydrazone groups is 1. The number of phenols is 2.